The van der Waals surface area contributed by atoms with Gasteiger partial charge >= 0.3 is 0 Å². The van der Waals surface area contributed by atoms with Crippen molar-refractivity contribution in [3.05, 3.63) is 53.6 Å². The number of aryl methyl sites for hydroxylation is 2. The van der Waals surface area contributed by atoms with Crippen LogP contribution in [-0.2, 0) is 7.05 Å². The van der Waals surface area contributed by atoms with Gasteiger partial charge in [-0.1, -0.05) is 12.1 Å². The van der Waals surface area contributed by atoms with Crippen molar-refractivity contribution >= 4 is 11.9 Å². The first kappa shape index (κ1) is 20.8. The average Bonchev–Trinajstić information content (AvgIpc) is 3.39. The quantitative estimate of drug-likeness (QED) is 0.631. The Balaban J connectivity index is 1.80. The highest BCUT2D eigenvalue weighted by atomic mass is 16.5. The van der Waals surface area contributed by atoms with Crippen molar-refractivity contribution in [2.45, 2.75) is 25.8 Å². The summed E-state index contributed by atoms with van der Waals surface area (Å²) < 4.78 is 7.10. The number of carbonyl (C=O) groups excluding carboxylic acids is 1. The fourth-order valence-electron chi connectivity index (χ4n) is 4.13. The molecule has 0 bridgehead atoms. The zero-order valence-corrected chi connectivity index (χ0v) is 18.7. The van der Waals surface area contributed by atoms with Crippen molar-refractivity contribution in [3.63, 3.8) is 0 Å². The van der Waals surface area contributed by atoms with E-state index >= 15 is 0 Å². The first-order chi connectivity index (χ1) is 14.9. The summed E-state index contributed by atoms with van der Waals surface area (Å²) in [7, 11) is 7.32. The topological polar surface area (TPSA) is 76.4 Å². The highest BCUT2D eigenvalue weighted by molar-refractivity contribution is 5.95. The molecule has 0 unspecified atom stereocenters. The van der Waals surface area contributed by atoms with Gasteiger partial charge in [0.2, 0.25) is 5.95 Å². The van der Waals surface area contributed by atoms with Crippen molar-refractivity contribution in [1.29, 1.82) is 0 Å². The summed E-state index contributed by atoms with van der Waals surface area (Å²) >= 11 is 0. The van der Waals surface area contributed by atoms with Crippen LogP contribution in [0.2, 0.25) is 0 Å². The number of benzene rings is 1. The number of anilines is 1. The number of rotatable bonds is 5. The maximum Gasteiger partial charge on any atom is 0.257 e. The van der Waals surface area contributed by atoms with Crippen LogP contribution in [0.1, 0.15) is 40.6 Å². The van der Waals surface area contributed by atoms with Crippen LogP contribution in [0.4, 0.5) is 5.95 Å². The van der Waals surface area contributed by atoms with Crippen molar-refractivity contribution in [3.8, 4) is 16.9 Å². The standard InChI is InChI=1S/C23H28N6O2/c1-15-19(14-28(4)26-15)22(30)29-11-7-10-20(29)21-18(13-24-23(25-21)27(2)3)16-8-6-9-17(12-16)31-5/h6,8-9,12-14,20H,7,10-11H2,1-5H3/t20-/m1/s1. The summed E-state index contributed by atoms with van der Waals surface area (Å²) in [5.41, 5.74) is 4.12. The summed E-state index contributed by atoms with van der Waals surface area (Å²) in [5, 5.41) is 4.35. The monoisotopic (exact) mass is 420 g/mol. The Hall–Kier alpha value is -3.42. The zero-order valence-electron chi connectivity index (χ0n) is 18.7. The summed E-state index contributed by atoms with van der Waals surface area (Å²) in [4.78, 5) is 26.7. The summed E-state index contributed by atoms with van der Waals surface area (Å²) in [5.74, 6) is 1.39. The number of aromatic nitrogens is 4. The number of carbonyl (C=O) groups is 1. The van der Waals surface area contributed by atoms with E-state index in [1.807, 2.05) is 68.3 Å². The molecule has 0 N–H and O–H groups in total. The van der Waals surface area contributed by atoms with Gasteiger partial charge in [-0.25, -0.2) is 9.97 Å². The van der Waals surface area contributed by atoms with Crippen LogP contribution in [0.3, 0.4) is 0 Å². The Labute approximate surface area is 182 Å². The van der Waals surface area contributed by atoms with Crippen molar-refractivity contribution in [2.75, 3.05) is 32.6 Å². The Morgan fingerprint density at radius 3 is 2.77 bits per heavy atom. The Morgan fingerprint density at radius 2 is 2.10 bits per heavy atom. The smallest absolute Gasteiger partial charge is 0.257 e. The molecule has 8 nitrogen and oxygen atoms in total. The highest BCUT2D eigenvalue weighted by Gasteiger charge is 2.35. The van der Waals surface area contributed by atoms with E-state index in [2.05, 4.69) is 10.1 Å². The zero-order chi connectivity index (χ0) is 22.1. The molecule has 0 aliphatic carbocycles. The van der Waals surface area contributed by atoms with Gasteiger partial charge in [0.1, 0.15) is 5.75 Å². The second kappa shape index (κ2) is 8.37. The number of hydrogen-bond acceptors (Lipinski definition) is 6. The molecule has 1 aliphatic rings. The molecule has 3 aromatic rings. The molecule has 1 atom stereocenters. The average molecular weight is 421 g/mol. The molecule has 0 saturated carbocycles. The maximum atomic E-state index is 13.4. The van der Waals surface area contributed by atoms with Gasteiger partial charge in [0.05, 0.1) is 30.1 Å². The highest BCUT2D eigenvalue weighted by Crippen LogP contribution is 2.38. The molecule has 162 valence electrons. The molecule has 1 aliphatic heterocycles. The molecule has 4 rings (SSSR count). The van der Waals surface area contributed by atoms with Crippen molar-refractivity contribution in [1.82, 2.24) is 24.6 Å². The predicted molar refractivity (Wildman–Crippen MR) is 119 cm³/mol. The molecule has 1 saturated heterocycles. The minimum atomic E-state index is -0.130. The van der Waals surface area contributed by atoms with Crippen molar-refractivity contribution < 1.29 is 9.53 Å². The lowest BCUT2D eigenvalue weighted by atomic mass is 9.99. The molecule has 0 spiro atoms. The molecule has 1 fully saturated rings. The third-order valence-corrected chi connectivity index (χ3v) is 5.66. The van der Waals surface area contributed by atoms with Crippen LogP contribution in [0, 0.1) is 6.92 Å². The lowest BCUT2D eigenvalue weighted by molar-refractivity contribution is 0.0732. The predicted octanol–water partition coefficient (Wildman–Crippen LogP) is 3.24. The normalized spacial score (nSPS) is 15.9. The molecule has 2 aromatic heterocycles. The number of methoxy groups -OCH3 is 1. The Kier molecular flexibility index (Phi) is 5.63. The first-order valence-corrected chi connectivity index (χ1v) is 10.4. The summed E-state index contributed by atoms with van der Waals surface area (Å²) in [6.45, 7) is 2.56. The second-order valence-corrected chi connectivity index (χ2v) is 8.05. The minimum absolute atomic E-state index is 0.00490. The number of nitrogens with zero attached hydrogens (tertiary/aromatic N) is 6. The third-order valence-electron chi connectivity index (χ3n) is 5.66. The summed E-state index contributed by atoms with van der Waals surface area (Å²) in [6, 6.07) is 7.73. The fourth-order valence-corrected chi connectivity index (χ4v) is 4.13. The number of likely N-dealkylation sites (tertiary alicyclic amines) is 1. The third kappa shape index (κ3) is 3.97. The van der Waals surface area contributed by atoms with Crippen LogP contribution in [-0.4, -0.2) is 58.3 Å². The Morgan fingerprint density at radius 1 is 1.29 bits per heavy atom. The van der Waals surface area contributed by atoms with E-state index in [0.29, 0.717) is 18.1 Å². The van der Waals surface area contributed by atoms with E-state index < -0.39 is 0 Å². The molecule has 0 radical (unpaired) electrons. The SMILES string of the molecule is COc1cccc(-c2cnc(N(C)C)nc2[C@H]2CCCN2C(=O)c2cn(C)nc2C)c1. The van der Waals surface area contributed by atoms with Crippen molar-refractivity contribution in [2.24, 2.45) is 7.05 Å². The van der Waals surface area contributed by atoms with Gasteiger partial charge in [-0.05, 0) is 37.5 Å². The van der Waals surface area contributed by atoms with Crippen LogP contribution < -0.4 is 9.64 Å². The number of amides is 1. The number of hydrogen-bond donors (Lipinski definition) is 0. The van der Waals surface area contributed by atoms with Gasteiger partial charge in [-0.15, -0.1) is 0 Å². The second-order valence-electron chi connectivity index (χ2n) is 8.05. The van der Waals surface area contributed by atoms with Crippen LogP contribution in [0.25, 0.3) is 11.1 Å². The molecular formula is C23H28N6O2. The molecule has 3 heterocycles. The van der Waals surface area contributed by atoms with E-state index in [1.165, 1.54) is 0 Å². The van der Waals surface area contributed by atoms with Crippen LogP contribution >= 0.6 is 0 Å². The molecular weight excluding hydrogens is 392 g/mol. The lowest BCUT2D eigenvalue weighted by Gasteiger charge is -2.26. The number of ether oxygens (including phenoxy) is 1. The molecule has 31 heavy (non-hydrogen) atoms. The summed E-state index contributed by atoms with van der Waals surface area (Å²) in [6.07, 6.45) is 5.42. The minimum Gasteiger partial charge on any atom is -0.497 e. The van der Waals surface area contributed by atoms with Gasteiger partial charge in [0.25, 0.3) is 5.91 Å². The van der Waals surface area contributed by atoms with Gasteiger partial charge < -0.3 is 14.5 Å². The van der Waals surface area contributed by atoms with Gasteiger partial charge in [-0.3, -0.25) is 9.48 Å². The molecule has 8 heteroatoms. The largest absolute Gasteiger partial charge is 0.497 e. The maximum absolute atomic E-state index is 13.4. The lowest BCUT2D eigenvalue weighted by Crippen LogP contribution is -2.32. The van der Waals surface area contributed by atoms with E-state index in [4.69, 9.17) is 9.72 Å². The fraction of sp³-hybridized carbons (Fsp3) is 0.391. The van der Waals surface area contributed by atoms with Crippen LogP contribution in [0.5, 0.6) is 5.75 Å². The van der Waals surface area contributed by atoms with Crippen LogP contribution in [0.15, 0.2) is 36.7 Å². The van der Waals surface area contributed by atoms with Gasteiger partial charge in [-0.2, -0.15) is 5.10 Å². The van der Waals surface area contributed by atoms with Gasteiger partial charge in [0.15, 0.2) is 0 Å². The van der Waals surface area contributed by atoms with E-state index in [0.717, 1.165) is 41.1 Å². The first-order valence-electron chi connectivity index (χ1n) is 10.4. The van der Waals surface area contributed by atoms with E-state index in [-0.39, 0.29) is 11.9 Å². The van der Waals surface area contributed by atoms with E-state index in [1.54, 1.807) is 18.0 Å². The molecule has 1 aromatic carbocycles. The molecule has 1 amide bonds. The van der Waals surface area contributed by atoms with Gasteiger partial charge in [0, 0.05) is 45.6 Å². The Bertz CT molecular complexity index is 1110. The van der Waals surface area contributed by atoms with E-state index in [9.17, 15) is 4.79 Å².